The van der Waals surface area contributed by atoms with Crippen LogP contribution in [0.3, 0.4) is 0 Å². The lowest BCUT2D eigenvalue weighted by molar-refractivity contribution is 0.473. The monoisotopic (exact) mass is 529 g/mol. The van der Waals surface area contributed by atoms with Gasteiger partial charge in [-0.1, -0.05) is 12.1 Å². The van der Waals surface area contributed by atoms with Crippen LogP contribution in [0.25, 0.3) is 55.8 Å². The number of aromatic hydroxyl groups is 1. The molecule has 190 valence electrons. The van der Waals surface area contributed by atoms with Crippen LogP contribution in [0.5, 0.6) is 5.75 Å². The maximum atomic E-state index is 14.5. The molecule has 6 rings (SSSR count). The average molecular weight is 530 g/mol. The van der Waals surface area contributed by atoms with Gasteiger partial charge in [-0.15, -0.1) is 0 Å². The maximum Gasteiger partial charge on any atom is 0.209 e. The van der Waals surface area contributed by atoms with Crippen molar-refractivity contribution < 1.29 is 17.9 Å². The van der Waals surface area contributed by atoms with Gasteiger partial charge < -0.3 is 10.1 Å². The molecule has 0 fully saturated rings. The molecule has 0 aliphatic carbocycles. The number of nitrogens with one attached hydrogen (secondary N) is 3. The van der Waals surface area contributed by atoms with E-state index in [4.69, 9.17) is 4.98 Å². The molecule has 4 N–H and O–H groups in total. The van der Waals surface area contributed by atoms with E-state index in [0.29, 0.717) is 50.5 Å². The Balaban J connectivity index is 1.43. The second-order valence-corrected chi connectivity index (χ2v) is 10.7. The first-order valence-corrected chi connectivity index (χ1v) is 13.3. The van der Waals surface area contributed by atoms with E-state index < -0.39 is 15.8 Å². The molecule has 0 aliphatic heterocycles. The van der Waals surface area contributed by atoms with Gasteiger partial charge >= 0.3 is 0 Å². The van der Waals surface area contributed by atoms with Crippen molar-refractivity contribution in [3.05, 3.63) is 78.5 Å². The highest BCUT2D eigenvalue weighted by atomic mass is 32.2. The molecule has 12 heteroatoms. The standard InChI is InChI=1S/C26H20FN7O3S/c1-38(36,37)30-10-14-5-15(7-17(27)6-14)19-3-2-4-21-24(19)32-26(31-21)25-20-9-22(29-13-23(20)33-34-25)16-8-18(35)12-28-11-16/h2-9,11-13,30,35H,10H2,1H3,(H,31,32)(H,33,34). The Labute approximate surface area is 215 Å². The number of rotatable bonds is 6. The molecule has 0 spiro atoms. The smallest absolute Gasteiger partial charge is 0.209 e. The van der Waals surface area contributed by atoms with Crippen LogP contribution in [0.4, 0.5) is 4.39 Å². The quantitative estimate of drug-likeness (QED) is 0.253. The van der Waals surface area contributed by atoms with Crippen LogP contribution in [-0.2, 0) is 16.6 Å². The molecule has 2 aromatic carbocycles. The zero-order valence-electron chi connectivity index (χ0n) is 19.9. The van der Waals surface area contributed by atoms with Gasteiger partial charge in [0.15, 0.2) is 5.82 Å². The molecule has 4 aromatic heterocycles. The topological polar surface area (TPSA) is 150 Å². The molecule has 0 atom stereocenters. The minimum Gasteiger partial charge on any atom is -0.506 e. The van der Waals surface area contributed by atoms with Crippen LogP contribution in [0, 0.1) is 5.82 Å². The molecule has 4 heterocycles. The van der Waals surface area contributed by atoms with E-state index in [2.05, 4.69) is 29.9 Å². The minimum atomic E-state index is -3.43. The Morgan fingerprint density at radius 3 is 2.71 bits per heavy atom. The highest BCUT2D eigenvalue weighted by Gasteiger charge is 2.17. The van der Waals surface area contributed by atoms with Crippen LogP contribution in [0.15, 0.2) is 67.1 Å². The molecular weight excluding hydrogens is 509 g/mol. The van der Waals surface area contributed by atoms with E-state index in [0.717, 1.165) is 17.2 Å². The van der Waals surface area contributed by atoms with Crippen molar-refractivity contribution in [1.82, 2.24) is 34.9 Å². The van der Waals surface area contributed by atoms with Gasteiger partial charge in [0.1, 0.15) is 17.3 Å². The molecule has 0 unspecified atom stereocenters. The number of hydrogen-bond acceptors (Lipinski definition) is 7. The summed E-state index contributed by atoms with van der Waals surface area (Å²) in [5.41, 5.74) is 5.58. The Bertz CT molecular complexity index is 1950. The number of halogens is 1. The van der Waals surface area contributed by atoms with Gasteiger partial charge in [0.05, 0.1) is 40.9 Å². The molecule has 38 heavy (non-hydrogen) atoms. The second kappa shape index (κ2) is 9.01. The predicted octanol–water partition coefficient (Wildman–Crippen LogP) is 4.12. The van der Waals surface area contributed by atoms with Gasteiger partial charge in [0.25, 0.3) is 0 Å². The first-order valence-electron chi connectivity index (χ1n) is 11.5. The van der Waals surface area contributed by atoms with Crippen LogP contribution in [0.2, 0.25) is 0 Å². The average Bonchev–Trinajstić information content (AvgIpc) is 3.50. The zero-order chi connectivity index (χ0) is 26.4. The number of fused-ring (bicyclic) bond motifs is 2. The van der Waals surface area contributed by atoms with Crippen LogP contribution in [-0.4, -0.2) is 49.9 Å². The van der Waals surface area contributed by atoms with E-state index >= 15 is 0 Å². The Kier molecular flexibility index (Phi) is 5.62. The lowest BCUT2D eigenvalue weighted by Gasteiger charge is -2.08. The van der Waals surface area contributed by atoms with Crippen molar-refractivity contribution in [2.45, 2.75) is 6.54 Å². The van der Waals surface area contributed by atoms with E-state index in [1.165, 1.54) is 18.3 Å². The third kappa shape index (κ3) is 4.58. The third-order valence-electron chi connectivity index (χ3n) is 6.01. The summed E-state index contributed by atoms with van der Waals surface area (Å²) in [6.07, 6.45) is 5.66. The normalized spacial score (nSPS) is 11.9. The van der Waals surface area contributed by atoms with E-state index in [1.54, 1.807) is 24.5 Å². The summed E-state index contributed by atoms with van der Waals surface area (Å²) < 4.78 is 39.9. The molecule has 6 aromatic rings. The van der Waals surface area contributed by atoms with Gasteiger partial charge in [0, 0.05) is 29.3 Å². The summed E-state index contributed by atoms with van der Waals surface area (Å²) in [5.74, 6) is 0.0508. The first-order chi connectivity index (χ1) is 18.2. The van der Waals surface area contributed by atoms with Crippen LogP contribution in [0.1, 0.15) is 5.56 Å². The van der Waals surface area contributed by atoms with Gasteiger partial charge in [0.2, 0.25) is 10.0 Å². The summed E-state index contributed by atoms with van der Waals surface area (Å²) in [6, 6.07) is 13.4. The molecule has 0 saturated carbocycles. The minimum absolute atomic E-state index is 0.0320. The summed E-state index contributed by atoms with van der Waals surface area (Å²) in [5, 5.41) is 18.0. The highest BCUT2D eigenvalue weighted by Crippen LogP contribution is 2.33. The van der Waals surface area contributed by atoms with E-state index in [-0.39, 0.29) is 12.3 Å². The largest absolute Gasteiger partial charge is 0.506 e. The maximum absolute atomic E-state index is 14.5. The summed E-state index contributed by atoms with van der Waals surface area (Å²) >= 11 is 0. The number of imidazole rings is 1. The summed E-state index contributed by atoms with van der Waals surface area (Å²) in [4.78, 5) is 16.5. The first kappa shape index (κ1) is 23.7. The fourth-order valence-corrected chi connectivity index (χ4v) is 4.75. The van der Waals surface area contributed by atoms with Crippen molar-refractivity contribution in [3.63, 3.8) is 0 Å². The zero-order valence-corrected chi connectivity index (χ0v) is 20.7. The number of benzene rings is 2. The lowest BCUT2D eigenvalue weighted by Crippen LogP contribution is -2.21. The number of nitrogens with zero attached hydrogens (tertiary/aromatic N) is 4. The fraction of sp³-hybridized carbons (Fsp3) is 0.0769. The lowest BCUT2D eigenvalue weighted by atomic mass is 10.0. The van der Waals surface area contributed by atoms with Crippen LogP contribution >= 0.6 is 0 Å². The van der Waals surface area contributed by atoms with Crippen molar-refractivity contribution in [1.29, 1.82) is 0 Å². The van der Waals surface area contributed by atoms with E-state index in [1.807, 2.05) is 24.3 Å². The number of sulfonamides is 1. The van der Waals surface area contributed by atoms with Crippen molar-refractivity contribution in [2.24, 2.45) is 0 Å². The molecule has 0 aliphatic rings. The SMILES string of the molecule is CS(=O)(=O)NCc1cc(F)cc(-c2cccc3[nH]c(-c4n[nH]c5cnc(-c6cncc(O)c6)cc45)nc23)c1. The van der Waals surface area contributed by atoms with Gasteiger partial charge in [-0.25, -0.2) is 22.5 Å². The van der Waals surface area contributed by atoms with Crippen LogP contribution < -0.4 is 4.72 Å². The number of hydrogen-bond donors (Lipinski definition) is 4. The number of aromatic nitrogens is 6. The van der Waals surface area contributed by atoms with Gasteiger partial charge in [-0.2, -0.15) is 5.10 Å². The third-order valence-corrected chi connectivity index (χ3v) is 6.68. The van der Waals surface area contributed by atoms with Crippen molar-refractivity contribution in [3.8, 4) is 39.7 Å². The van der Waals surface area contributed by atoms with Gasteiger partial charge in [-0.05, 0) is 47.5 Å². The van der Waals surface area contributed by atoms with Crippen molar-refractivity contribution in [2.75, 3.05) is 6.26 Å². The molecule has 0 saturated heterocycles. The number of pyridine rings is 2. The van der Waals surface area contributed by atoms with E-state index in [9.17, 15) is 17.9 Å². The Hall–Kier alpha value is -4.68. The van der Waals surface area contributed by atoms with Gasteiger partial charge in [-0.3, -0.25) is 15.1 Å². The Morgan fingerprint density at radius 2 is 1.89 bits per heavy atom. The number of H-pyrrole nitrogens is 2. The molecule has 0 bridgehead atoms. The van der Waals surface area contributed by atoms with Crippen molar-refractivity contribution >= 4 is 32.0 Å². The molecule has 0 amide bonds. The molecule has 10 nitrogen and oxygen atoms in total. The second-order valence-electron chi connectivity index (χ2n) is 8.85. The fourth-order valence-electron chi connectivity index (χ4n) is 4.32. The summed E-state index contributed by atoms with van der Waals surface area (Å²) in [7, 11) is -3.43. The molecule has 0 radical (unpaired) electrons. The molecular formula is C26H20FN7O3S. The summed E-state index contributed by atoms with van der Waals surface area (Å²) in [6.45, 7) is -0.0320. The number of aromatic amines is 2. The Morgan fingerprint density at radius 1 is 1.03 bits per heavy atom. The number of para-hydroxylation sites is 1. The highest BCUT2D eigenvalue weighted by molar-refractivity contribution is 7.88. The predicted molar refractivity (Wildman–Crippen MR) is 141 cm³/mol.